The number of benzene rings is 3. The first kappa shape index (κ1) is 23.5. The summed E-state index contributed by atoms with van der Waals surface area (Å²) in [7, 11) is 3.82. The van der Waals surface area contributed by atoms with E-state index in [2.05, 4.69) is 10.1 Å². The molecule has 0 bridgehead atoms. The molecular weight excluding hydrogens is 448 g/mol. The number of ketones is 1. The molecule has 1 heterocycles. The first-order valence-electron chi connectivity index (χ1n) is 10.8. The molecule has 1 aromatic heterocycles. The molecule has 0 spiro atoms. The predicted octanol–water partition coefficient (Wildman–Crippen LogP) is 3.33. The van der Waals surface area contributed by atoms with Gasteiger partial charge in [0.05, 0.1) is 11.3 Å². The normalized spacial score (nSPS) is 10.7. The second kappa shape index (κ2) is 9.30. The smallest absolute Gasteiger partial charge is 0.349 e. The lowest BCUT2D eigenvalue weighted by molar-refractivity contribution is 0.103. The molecule has 0 unspecified atom stereocenters. The lowest BCUT2D eigenvalue weighted by Gasteiger charge is -2.15. The average molecular weight is 473 g/mol. The number of carbonyl (C=O) groups is 1. The van der Waals surface area contributed by atoms with Crippen LogP contribution in [-0.2, 0) is 0 Å². The lowest BCUT2D eigenvalue weighted by Crippen LogP contribution is -2.30. The van der Waals surface area contributed by atoms with Gasteiger partial charge in [-0.15, -0.1) is 0 Å². The number of aromatic hydroxyl groups is 1. The van der Waals surface area contributed by atoms with Gasteiger partial charge in [0.15, 0.2) is 5.78 Å². The molecule has 0 aliphatic carbocycles. The zero-order valence-electron chi connectivity index (χ0n) is 19.7. The van der Waals surface area contributed by atoms with Gasteiger partial charge in [0.1, 0.15) is 23.4 Å². The minimum atomic E-state index is -0.648. The van der Waals surface area contributed by atoms with Gasteiger partial charge >= 0.3 is 5.69 Å². The molecule has 35 heavy (non-hydrogen) atoms. The Labute approximate surface area is 200 Å². The van der Waals surface area contributed by atoms with E-state index in [0.717, 1.165) is 16.6 Å². The van der Waals surface area contributed by atoms with Crippen molar-refractivity contribution in [3.05, 3.63) is 104 Å². The average Bonchev–Trinajstić information content (AvgIpc) is 2.82. The highest BCUT2D eigenvalue weighted by atomic mass is 16.5. The molecule has 0 saturated heterocycles. The minimum Gasteiger partial charge on any atom is -0.507 e. The third kappa shape index (κ3) is 4.84. The Kier molecular flexibility index (Phi) is 6.24. The van der Waals surface area contributed by atoms with E-state index >= 15 is 0 Å². The number of aryl methyl sites for hydroxylation is 2. The monoisotopic (exact) mass is 472 g/mol. The molecule has 0 amide bonds. The van der Waals surface area contributed by atoms with Crippen LogP contribution in [-0.4, -0.2) is 39.7 Å². The number of rotatable bonds is 6. The van der Waals surface area contributed by atoms with E-state index in [0.29, 0.717) is 33.9 Å². The Morgan fingerprint density at radius 2 is 1.66 bits per heavy atom. The highest BCUT2D eigenvalue weighted by Crippen LogP contribution is 2.33. The predicted molar refractivity (Wildman–Crippen MR) is 132 cm³/mol. The van der Waals surface area contributed by atoms with E-state index in [9.17, 15) is 19.5 Å². The van der Waals surface area contributed by atoms with Crippen molar-refractivity contribution in [1.82, 2.24) is 14.8 Å². The summed E-state index contributed by atoms with van der Waals surface area (Å²) in [6, 6.07) is 15.0. The molecule has 0 saturated carbocycles. The van der Waals surface area contributed by atoms with Gasteiger partial charge in [0, 0.05) is 25.3 Å². The molecule has 9 heteroatoms. The number of aromatic amines is 1. The topological polar surface area (TPSA) is 118 Å². The summed E-state index contributed by atoms with van der Waals surface area (Å²) < 4.78 is 7.16. The van der Waals surface area contributed by atoms with Crippen LogP contribution in [0, 0.1) is 13.8 Å². The van der Waals surface area contributed by atoms with E-state index in [1.807, 2.05) is 31.1 Å². The molecule has 4 aromatic rings. The van der Waals surface area contributed by atoms with Gasteiger partial charge in [-0.25, -0.2) is 4.79 Å². The van der Waals surface area contributed by atoms with Crippen molar-refractivity contribution in [2.75, 3.05) is 19.0 Å². The molecule has 3 aromatic carbocycles. The number of nitrogens with one attached hydrogen (secondary N) is 1. The summed E-state index contributed by atoms with van der Waals surface area (Å²) in [5, 5.41) is 14.2. The summed E-state index contributed by atoms with van der Waals surface area (Å²) in [5.41, 5.74) is 2.18. The first-order chi connectivity index (χ1) is 16.6. The Morgan fingerprint density at radius 1 is 1.00 bits per heavy atom. The fourth-order valence-electron chi connectivity index (χ4n) is 3.69. The molecule has 0 aliphatic heterocycles. The van der Waals surface area contributed by atoms with Crippen molar-refractivity contribution in [3.63, 3.8) is 0 Å². The van der Waals surface area contributed by atoms with E-state index in [1.54, 1.807) is 44.2 Å². The number of hydrogen-bond donors (Lipinski definition) is 2. The Bertz CT molecular complexity index is 1510. The van der Waals surface area contributed by atoms with Gasteiger partial charge in [-0.05, 0) is 79.6 Å². The SMILES string of the molecule is Cc1cc(-n2ncc(=O)[nH]c2=O)cc(C)c1Oc1ccc(O)c(C(=O)c2ccc(N(C)C)cc2)c1. The van der Waals surface area contributed by atoms with E-state index in [-0.39, 0.29) is 17.1 Å². The first-order valence-corrected chi connectivity index (χ1v) is 10.8. The van der Waals surface area contributed by atoms with Crippen LogP contribution < -0.4 is 20.9 Å². The van der Waals surface area contributed by atoms with Crippen molar-refractivity contribution in [2.24, 2.45) is 0 Å². The van der Waals surface area contributed by atoms with Gasteiger partial charge in [-0.1, -0.05) is 0 Å². The maximum Gasteiger partial charge on any atom is 0.349 e. The number of phenols is 1. The van der Waals surface area contributed by atoms with Crippen LogP contribution in [0.3, 0.4) is 0 Å². The molecular formula is C26H24N4O5. The molecule has 0 fully saturated rings. The van der Waals surface area contributed by atoms with Gasteiger partial charge in [-0.2, -0.15) is 9.78 Å². The molecule has 0 aliphatic rings. The molecule has 9 nitrogen and oxygen atoms in total. The van der Waals surface area contributed by atoms with Crippen LogP contribution in [0.5, 0.6) is 17.2 Å². The largest absolute Gasteiger partial charge is 0.507 e. The second-order valence-corrected chi connectivity index (χ2v) is 8.31. The van der Waals surface area contributed by atoms with Gasteiger partial charge in [-0.3, -0.25) is 14.6 Å². The fraction of sp³-hybridized carbons (Fsp3) is 0.154. The fourth-order valence-corrected chi connectivity index (χ4v) is 3.69. The number of carbonyl (C=O) groups excluding carboxylic acids is 1. The summed E-state index contributed by atoms with van der Waals surface area (Å²) >= 11 is 0. The number of nitrogens with zero attached hydrogens (tertiary/aromatic N) is 3. The van der Waals surface area contributed by atoms with Crippen molar-refractivity contribution in [3.8, 4) is 22.9 Å². The highest BCUT2D eigenvalue weighted by Gasteiger charge is 2.17. The summed E-state index contributed by atoms with van der Waals surface area (Å²) in [5.74, 6) is 0.428. The molecule has 4 rings (SSSR count). The van der Waals surface area contributed by atoms with Crippen molar-refractivity contribution >= 4 is 11.5 Å². The summed E-state index contributed by atoms with van der Waals surface area (Å²) in [6.07, 6.45) is 1.03. The number of anilines is 1. The van der Waals surface area contributed by atoms with Gasteiger partial charge < -0.3 is 14.7 Å². The van der Waals surface area contributed by atoms with Crippen LogP contribution in [0.15, 0.2) is 70.4 Å². The van der Waals surface area contributed by atoms with E-state index in [1.165, 1.54) is 12.1 Å². The summed E-state index contributed by atoms with van der Waals surface area (Å²) in [4.78, 5) is 40.6. The van der Waals surface area contributed by atoms with E-state index in [4.69, 9.17) is 4.74 Å². The third-order valence-corrected chi connectivity index (χ3v) is 5.48. The Hall–Kier alpha value is -4.66. The second-order valence-electron chi connectivity index (χ2n) is 8.31. The molecule has 2 N–H and O–H groups in total. The van der Waals surface area contributed by atoms with Crippen LogP contribution >= 0.6 is 0 Å². The minimum absolute atomic E-state index is 0.121. The standard InChI is InChI=1S/C26H24N4O5/c1-15-11-19(30-26(34)28-23(32)14-27-30)12-16(2)25(15)35-20-9-10-22(31)21(13-20)24(33)17-5-7-18(8-6-17)29(3)4/h5-14,31H,1-4H3,(H,28,32,34). The van der Waals surface area contributed by atoms with Crippen LogP contribution in [0.4, 0.5) is 5.69 Å². The molecule has 0 atom stereocenters. The van der Waals surface area contributed by atoms with Crippen molar-refractivity contribution in [2.45, 2.75) is 13.8 Å². The van der Waals surface area contributed by atoms with Crippen molar-refractivity contribution < 1.29 is 14.6 Å². The Morgan fingerprint density at radius 3 is 2.26 bits per heavy atom. The quantitative estimate of drug-likeness (QED) is 0.413. The van der Waals surface area contributed by atoms with Gasteiger partial charge in [0.25, 0.3) is 5.56 Å². The van der Waals surface area contributed by atoms with E-state index < -0.39 is 11.2 Å². The maximum absolute atomic E-state index is 13.1. The maximum atomic E-state index is 13.1. The number of ether oxygens (including phenoxy) is 1. The summed E-state index contributed by atoms with van der Waals surface area (Å²) in [6.45, 7) is 3.61. The zero-order chi connectivity index (χ0) is 25.3. The number of phenolic OH excluding ortho intramolecular Hbond substituents is 1. The van der Waals surface area contributed by atoms with Crippen LogP contribution in [0.1, 0.15) is 27.0 Å². The number of aromatic nitrogens is 3. The highest BCUT2D eigenvalue weighted by molar-refractivity contribution is 6.11. The van der Waals surface area contributed by atoms with Crippen LogP contribution in [0.25, 0.3) is 5.69 Å². The molecule has 0 radical (unpaired) electrons. The number of H-pyrrole nitrogens is 1. The van der Waals surface area contributed by atoms with Crippen LogP contribution in [0.2, 0.25) is 0 Å². The zero-order valence-corrected chi connectivity index (χ0v) is 19.7. The Balaban J connectivity index is 1.65. The molecule has 178 valence electrons. The third-order valence-electron chi connectivity index (χ3n) is 5.48. The van der Waals surface area contributed by atoms with Gasteiger partial charge in [0.2, 0.25) is 0 Å². The lowest BCUT2D eigenvalue weighted by atomic mass is 10.0. The number of hydrogen-bond acceptors (Lipinski definition) is 7. The van der Waals surface area contributed by atoms with Crippen molar-refractivity contribution in [1.29, 1.82) is 0 Å².